The lowest BCUT2D eigenvalue weighted by molar-refractivity contribution is 0.00411. The molecule has 0 unspecified atom stereocenters. The first-order chi connectivity index (χ1) is 9.70. The molecule has 1 aromatic rings. The van der Waals surface area contributed by atoms with Gasteiger partial charge < -0.3 is 15.0 Å². The molecule has 0 aromatic carbocycles. The molecule has 1 atom stereocenters. The highest BCUT2D eigenvalue weighted by Gasteiger charge is 2.43. The minimum absolute atomic E-state index is 0.499. The quantitative estimate of drug-likeness (QED) is 0.926. The average Bonchev–Trinajstić information content (AvgIpc) is 3.05. The second-order valence-corrected chi connectivity index (χ2v) is 7.15. The lowest BCUT2D eigenvalue weighted by atomic mass is 9.75. The van der Waals surface area contributed by atoms with E-state index >= 15 is 0 Å². The van der Waals surface area contributed by atoms with Crippen molar-refractivity contribution in [1.29, 1.82) is 0 Å². The maximum atomic E-state index is 5.55. The van der Waals surface area contributed by atoms with Crippen molar-refractivity contribution < 1.29 is 4.74 Å². The second-order valence-electron chi connectivity index (χ2n) is 6.32. The van der Waals surface area contributed by atoms with E-state index in [4.69, 9.17) is 4.74 Å². The summed E-state index contributed by atoms with van der Waals surface area (Å²) in [6.07, 6.45) is 6.49. The van der Waals surface area contributed by atoms with Gasteiger partial charge in [0, 0.05) is 45.3 Å². The van der Waals surface area contributed by atoms with Gasteiger partial charge in [-0.3, -0.25) is 0 Å². The van der Waals surface area contributed by atoms with Crippen molar-refractivity contribution in [1.82, 2.24) is 10.3 Å². The van der Waals surface area contributed by atoms with Crippen LogP contribution >= 0.6 is 11.3 Å². The van der Waals surface area contributed by atoms with Crippen LogP contribution < -0.4 is 10.2 Å². The molecule has 3 rings (SSSR count). The molecule has 0 amide bonds. The monoisotopic (exact) mass is 295 g/mol. The van der Waals surface area contributed by atoms with E-state index in [1.807, 2.05) is 14.1 Å². The summed E-state index contributed by atoms with van der Waals surface area (Å²) in [5, 5.41) is 7.05. The van der Waals surface area contributed by atoms with Crippen molar-refractivity contribution >= 4 is 16.5 Å². The smallest absolute Gasteiger partial charge is 0.185 e. The summed E-state index contributed by atoms with van der Waals surface area (Å²) in [5.74, 6) is 0. The average molecular weight is 295 g/mol. The Morgan fingerprint density at radius 3 is 2.90 bits per heavy atom. The molecule has 0 radical (unpaired) electrons. The fraction of sp³-hybridized carbons (Fsp3) is 0.800. The zero-order valence-corrected chi connectivity index (χ0v) is 13.3. The van der Waals surface area contributed by atoms with Crippen molar-refractivity contribution in [2.45, 2.75) is 44.7 Å². The number of aromatic nitrogens is 1. The molecule has 2 fully saturated rings. The molecule has 1 aliphatic heterocycles. The molecule has 0 bridgehead atoms. The van der Waals surface area contributed by atoms with Crippen molar-refractivity contribution in [3.05, 3.63) is 11.1 Å². The van der Waals surface area contributed by atoms with Gasteiger partial charge in [0.05, 0.1) is 5.69 Å². The fourth-order valence-corrected chi connectivity index (χ4v) is 4.40. The Bertz CT molecular complexity index is 440. The third-order valence-electron chi connectivity index (χ3n) is 4.85. The number of rotatable bonds is 4. The Balaban J connectivity index is 1.59. The highest BCUT2D eigenvalue weighted by molar-refractivity contribution is 7.13. The van der Waals surface area contributed by atoms with E-state index < -0.39 is 0 Å². The predicted molar refractivity (Wildman–Crippen MR) is 83.4 cm³/mol. The number of hydrogen-bond donors (Lipinski definition) is 1. The zero-order valence-electron chi connectivity index (χ0n) is 12.5. The van der Waals surface area contributed by atoms with Gasteiger partial charge in [0.15, 0.2) is 5.13 Å². The van der Waals surface area contributed by atoms with Gasteiger partial charge in [0.2, 0.25) is 0 Å². The molecule has 5 heteroatoms. The van der Waals surface area contributed by atoms with Gasteiger partial charge in [0.25, 0.3) is 0 Å². The molecular formula is C15H25N3OS. The summed E-state index contributed by atoms with van der Waals surface area (Å²) in [5.41, 5.74) is 1.67. The van der Waals surface area contributed by atoms with E-state index in [9.17, 15) is 0 Å². The van der Waals surface area contributed by atoms with E-state index in [1.54, 1.807) is 11.3 Å². The maximum absolute atomic E-state index is 5.55. The second kappa shape index (κ2) is 6.00. The first kappa shape index (κ1) is 14.3. The Morgan fingerprint density at radius 1 is 1.40 bits per heavy atom. The Kier molecular flexibility index (Phi) is 4.29. The van der Waals surface area contributed by atoms with Crippen LogP contribution in [0, 0.1) is 5.41 Å². The van der Waals surface area contributed by atoms with E-state index in [1.165, 1.54) is 37.8 Å². The number of thiazole rings is 1. The molecule has 1 saturated heterocycles. The summed E-state index contributed by atoms with van der Waals surface area (Å²) in [6, 6.07) is 0.649. The summed E-state index contributed by atoms with van der Waals surface area (Å²) in [6.45, 7) is 2.79. The molecular weight excluding hydrogens is 270 g/mol. The van der Waals surface area contributed by atoms with Gasteiger partial charge in [-0.05, 0) is 31.1 Å². The van der Waals surface area contributed by atoms with Gasteiger partial charge in [-0.1, -0.05) is 6.42 Å². The summed E-state index contributed by atoms with van der Waals surface area (Å²) in [4.78, 5) is 6.73. The lowest BCUT2D eigenvalue weighted by Gasteiger charge is -2.39. The topological polar surface area (TPSA) is 37.4 Å². The van der Waals surface area contributed by atoms with Gasteiger partial charge in [-0.2, -0.15) is 0 Å². The van der Waals surface area contributed by atoms with Crippen LogP contribution in [-0.4, -0.2) is 38.3 Å². The molecule has 1 aliphatic carbocycles. The van der Waals surface area contributed by atoms with E-state index in [0.29, 0.717) is 11.5 Å². The summed E-state index contributed by atoms with van der Waals surface area (Å²) < 4.78 is 5.55. The first-order valence-corrected chi connectivity index (χ1v) is 8.50. The SMILES string of the molecule is CN(C)c1nc(CN[C@H]2CCCC23CCOCC3)cs1. The van der Waals surface area contributed by atoms with Crippen LogP contribution in [0.15, 0.2) is 5.38 Å². The zero-order chi connectivity index (χ0) is 14.0. The molecule has 20 heavy (non-hydrogen) atoms. The molecule has 4 nitrogen and oxygen atoms in total. The van der Waals surface area contributed by atoms with E-state index in [2.05, 4.69) is 20.6 Å². The largest absolute Gasteiger partial charge is 0.381 e. The highest BCUT2D eigenvalue weighted by Crippen LogP contribution is 2.46. The Morgan fingerprint density at radius 2 is 2.20 bits per heavy atom. The van der Waals surface area contributed by atoms with Crippen molar-refractivity contribution in [2.75, 3.05) is 32.2 Å². The van der Waals surface area contributed by atoms with Crippen molar-refractivity contribution in [2.24, 2.45) is 5.41 Å². The molecule has 1 spiro atoms. The van der Waals surface area contributed by atoms with Crippen LogP contribution in [0.25, 0.3) is 0 Å². The lowest BCUT2D eigenvalue weighted by Crippen LogP contribution is -2.44. The van der Waals surface area contributed by atoms with Crippen LogP contribution in [0.1, 0.15) is 37.8 Å². The summed E-state index contributed by atoms with van der Waals surface area (Å²) >= 11 is 1.72. The van der Waals surface area contributed by atoms with Gasteiger partial charge in [-0.15, -0.1) is 11.3 Å². The van der Waals surface area contributed by atoms with E-state index in [0.717, 1.165) is 24.9 Å². The maximum Gasteiger partial charge on any atom is 0.185 e. The molecule has 112 valence electrons. The molecule has 2 heterocycles. The third-order valence-corrected chi connectivity index (χ3v) is 5.90. The highest BCUT2D eigenvalue weighted by atomic mass is 32.1. The molecule has 1 saturated carbocycles. The number of anilines is 1. The number of nitrogens with one attached hydrogen (secondary N) is 1. The van der Waals surface area contributed by atoms with Crippen molar-refractivity contribution in [3.8, 4) is 0 Å². The number of ether oxygens (including phenoxy) is 1. The first-order valence-electron chi connectivity index (χ1n) is 7.62. The van der Waals surface area contributed by atoms with Crippen molar-refractivity contribution in [3.63, 3.8) is 0 Å². The summed E-state index contributed by atoms with van der Waals surface area (Å²) in [7, 11) is 4.09. The molecule has 1 aromatic heterocycles. The van der Waals surface area contributed by atoms with Crippen LogP contribution in [0.2, 0.25) is 0 Å². The standard InChI is InChI=1S/C15H25N3OS/c1-18(2)14-17-12(11-20-14)10-16-13-4-3-5-15(13)6-8-19-9-7-15/h11,13,16H,3-10H2,1-2H3/t13-/m0/s1. The normalized spacial score (nSPS) is 25.2. The van der Waals surface area contributed by atoms with E-state index in [-0.39, 0.29) is 0 Å². The fourth-order valence-electron chi connectivity index (χ4n) is 3.64. The predicted octanol–water partition coefficient (Wildman–Crippen LogP) is 2.65. The van der Waals surface area contributed by atoms with Crippen LogP contribution in [0.5, 0.6) is 0 Å². The van der Waals surface area contributed by atoms with Crippen LogP contribution in [0.4, 0.5) is 5.13 Å². The Hall–Kier alpha value is -0.650. The van der Waals surface area contributed by atoms with Gasteiger partial charge in [0.1, 0.15) is 0 Å². The number of nitrogens with zero attached hydrogens (tertiary/aromatic N) is 2. The van der Waals surface area contributed by atoms with Crippen LogP contribution in [0.3, 0.4) is 0 Å². The van der Waals surface area contributed by atoms with Gasteiger partial charge >= 0.3 is 0 Å². The minimum Gasteiger partial charge on any atom is -0.381 e. The van der Waals surface area contributed by atoms with Gasteiger partial charge in [-0.25, -0.2) is 4.98 Å². The molecule has 1 N–H and O–H groups in total. The third kappa shape index (κ3) is 2.85. The molecule has 2 aliphatic rings. The Labute approximate surface area is 125 Å². The van der Waals surface area contributed by atoms with Crippen LogP contribution in [-0.2, 0) is 11.3 Å². The minimum atomic E-state index is 0.499. The number of hydrogen-bond acceptors (Lipinski definition) is 5.